The van der Waals surface area contributed by atoms with Gasteiger partial charge in [-0.15, -0.1) is 11.3 Å². The average Bonchev–Trinajstić information content (AvgIpc) is 3.09. The first-order valence-corrected chi connectivity index (χ1v) is 7.39. The Morgan fingerprint density at radius 2 is 2.05 bits per heavy atom. The minimum Gasteiger partial charge on any atom is -0.477 e. The van der Waals surface area contributed by atoms with Gasteiger partial charge in [0.1, 0.15) is 5.69 Å². The van der Waals surface area contributed by atoms with E-state index in [1.165, 1.54) is 4.68 Å². The number of carboxylic acids is 1. The van der Waals surface area contributed by atoms with E-state index in [4.69, 9.17) is 0 Å². The molecular weight excluding hydrogens is 284 g/mol. The number of thiophene rings is 1. The quantitative estimate of drug-likeness (QED) is 0.797. The molecule has 0 aliphatic rings. The number of benzene rings is 1. The molecular formula is C16H14N2O2S. The van der Waals surface area contributed by atoms with Crippen molar-refractivity contribution in [3.05, 3.63) is 58.6 Å². The van der Waals surface area contributed by atoms with Gasteiger partial charge in [0.25, 0.3) is 0 Å². The van der Waals surface area contributed by atoms with Crippen molar-refractivity contribution in [3.63, 3.8) is 0 Å². The topological polar surface area (TPSA) is 55.1 Å². The van der Waals surface area contributed by atoms with Crippen LogP contribution in [0, 0.1) is 13.8 Å². The highest BCUT2D eigenvalue weighted by Gasteiger charge is 2.18. The number of hydrogen-bond donors (Lipinski definition) is 1. The lowest BCUT2D eigenvalue weighted by molar-refractivity contribution is 0.0687. The van der Waals surface area contributed by atoms with Crippen molar-refractivity contribution in [2.75, 3.05) is 0 Å². The van der Waals surface area contributed by atoms with Gasteiger partial charge >= 0.3 is 5.97 Å². The summed E-state index contributed by atoms with van der Waals surface area (Å²) < 4.78 is 1.51. The standard InChI is InChI=1S/C16H14N2O2S/c1-10-5-3-6-13(11(10)2)18-14(16(19)20)9-12(17-18)15-7-4-8-21-15/h3-9H,1-2H3,(H,19,20). The molecule has 4 nitrogen and oxygen atoms in total. The molecule has 5 heteroatoms. The Balaban J connectivity index is 2.22. The summed E-state index contributed by atoms with van der Waals surface area (Å²) in [7, 11) is 0. The first-order chi connectivity index (χ1) is 10.1. The second-order valence-electron chi connectivity index (χ2n) is 4.83. The summed E-state index contributed by atoms with van der Waals surface area (Å²) in [5.74, 6) is -0.980. The molecule has 0 saturated carbocycles. The highest BCUT2D eigenvalue weighted by molar-refractivity contribution is 7.13. The van der Waals surface area contributed by atoms with Crippen LogP contribution in [0.2, 0.25) is 0 Å². The van der Waals surface area contributed by atoms with Crippen LogP contribution in [0.3, 0.4) is 0 Å². The summed E-state index contributed by atoms with van der Waals surface area (Å²) in [4.78, 5) is 12.5. The minimum absolute atomic E-state index is 0.173. The maximum Gasteiger partial charge on any atom is 0.354 e. The maximum atomic E-state index is 11.5. The monoisotopic (exact) mass is 298 g/mol. The van der Waals surface area contributed by atoms with Crippen molar-refractivity contribution >= 4 is 17.3 Å². The first kappa shape index (κ1) is 13.6. The number of aromatic nitrogens is 2. The Labute approximate surface area is 126 Å². The van der Waals surface area contributed by atoms with Gasteiger partial charge in [0.2, 0.25) is 0 Å². The van der Waals surface area contributed by atoms with Crippen molar-refractivity contribution < 1.29 is 9.90 Å². The molecule has 0 atom stereocenters. The van der Waals surface area contributed by atoms with Crippen LogP contribution in [-0.4, -0.2) is 20.9 Å². The predicted molar refractivity (Wildman–Crippen MR) is 83.3 cm³/mol. The van der Waals surface area contributed by atoms with Gasteiger partial charge in [0.05, 0.1) is 10.6 Å². The fraction of sp³-hybridized carbons (Fsp3) is 0.125. The number of aromatic carboxylic acids is 1. The maximum absolute atomic E-state index is 11.5. The second-order valence-corrected chi connectivity index (χ2v) is 5.78. The number of hydrogen-bond acceptors (Lipinski definition) is 3. The molecule has 1 N–H and O–H groups in total. The summed E-state index contributed by atoms with van der Waals surface area (Å²) in [5, 5.41) is 15.9. The Kier molecular flexibility index (Phi) is 3.35. The van der Waals surface area contributed by atoms with Crippen LogP contribution in [0.15, 0.2) is 41.8 Å². The number of aryl methyl sites for hydroxylation is 1. The van der Waals surface area contributed by atoms with E-state index in [-0.39, 0.29) is 5.69 Å². The molecule has 3 aromatic rings. The van der Waals surface area contributed by atoms with E-state index in [0.717, 1.165) is 21.7 Å². The molecule has 2 heterocycles. The number of nitrogens with zero attached hydrogens (tertiary/aromatic N) is 2. The SMILES string of the molecule is Cc1cccc(-n2nc(-c3cccs3)cc2C(=O)O)c1C. The van der Waals surface area contributed by atoms with Crippen molar-refractivity contribution in [1.29, 1.82) is 0 Å². The molecule has 0 aliphatic heterocycles. The van der Waals surface area contributed by atoms with E-state index < -0.39 is 5.97 Å². The number of carbonyl (C=O) groups is 1. The normalized spacial score (nSPS) is 10.8. The third-order valence-electron chi connectivity index (χ3n) is 3.51. The molecule has 0 saturated heterocycles. The molecule has 2 aromatic heterocycles. The van der Waals surface area contributed by atoms with Crippen LogP contribution in [0.4, 0.5) is 0 Å². The van der Waals surface area contributed by atoms with Gasteiger partial charge in [-0.25, -0.2) is 9.48 Å². The van der Waals surface area contributed by atoms with Crippen LogP contribution in [0.1, 0.15) is 21.6 Å². The van der Waals surface area contributed by atoms with Crippen LogP contribution >= 0.6 is 11.3 Å². The van der Waals surface area contributed by atoms with Gasteiger partial charge in [-0.1, -0.05) is 18.2 Å². The molecule has 0 amide bonds. The first-order valence-electron chi connectivity index (χ1n) is 6.52. The smallest absolute Gasteiger partial charge is 0.354 e. The van der Waals surface area contributed by atoms with Crippen LogP contribution in [-0.2, 0) is 0 Å². The van der Waals surface area contributed by atoms with Gasteiger partial charge in [0.15, 0.2) is 5.69 Å². The Morgan fingerprint density at radius 3 is 2.71 bits per heavy atom. The molecule has 0 spiro atoms. The van der Waals surface area contributed by atoms with E-state index in [1.807, 2.05) is 49.6 Å². The van der Waals surface area contributed by atoms with Gasteiger partial charge in [0, 0.05) is 6.07 Å². The van der Waals surface area contributed by atoms with Gasteiger partial charge in [-0.3, -0.25) is 0 Å². The lowest BCUT2D eigenvalue weighted by Crippen LogP contribution is -2.09. The third kappa shape index (κ3) is 2.36. The van der Waals surface area contributed by atoms with E-state index in [1.54, 1.807) is 17.4 Å². The Morgan fingerprint density at radius 1 is 1.24 bits per heavy atom. The highest BCUT2D eigenvalue weighted by Crippen LogP contribution is 2.27. The highest BCUT2D eigenvalue weighted by atomic mass is 32.1. The predicted octanol–water partition coefficient (Wildman–Crippen LogP) is 3.92. The van der Waals surface area contributed by atoms with Gasteiger partial charge in [-0.05, 0) is 42.5 Å². The zero-order valence-corrected chi connectivity index (χ0v) is 12.5. The molecule has 1 aromatic carbocycles. The molecule has 0 bridgehead atoms. The zero-order valence-electron chi connectivity index (χ0n) is 11.7. The third-order valence-corrected chi connectivity index (χ3v) is 4.40. The second kappa shape index (κ2) is 5.18. The summed E-state index contributed by atoms with van der Waals surface area (Å²) >= 11 is 1.54. The summed E-state index contributed by atoms with van der Waals surface area (Å²) in [5.41, 5.74) is 3.79. The number of carboxylic acid groups (broad SMARTS) is 1. The fourth-order valence-electron chi connectivity index (χ4n) is 2.23. The largest absolute Gasteiger partial charge is 0.477 e. The Hall–Kier alpha value is -2.40. The van der Waals surface area contributed by atoms with E-state index in [2.05, 4.69) is 5.10 Å². The lowest BCUT2D eigenvalue weighted by atomic mass is 10.1. The molecule has 0 unspecified atom stereocenters. The zero-order chi connectivity index (χ0) is 15.0. The molecule has 3 rings (SSSR count). The molecule has 0 radical (unpaired) electrons. The number of rotatable bonds is 3. The van der Waals surface area contributed by atoms with Crippen molar-refractivity contribution in [3.8, 4) is 16.3 Å². The van der Waals surface area contributed by atoms with Gasteiger partial charge < -0.3 is 5.11 Å². The van der Waals surface area contributed by atoms with E-state index >= 15 is 0 Å². The summed E-state index contributed by atoms with van der Waals surface area (Å²) in [6.07, 6.45) is 0. The molecule has 106 valence electrons. The van der Waals surface area contributed by atoms with Gasteiger partial charge in [-0.2, -0.15) is 5.10 Å². The Bertz CT molecular complexity index is 804. The fourth-order valence-corrected chi connectivity index (χ4v) is 2.91. The van der Waals surface area contributed by atoms with Crippen LogP contribution in [0.25, 0.3) is 16.3 Å². The molecule has 0 fully saturated rings. The average molecular weight is 298 g/mol. The molecule has 21 heavy (non-hydrogen) atoms. The van der Waals surface area contributed by atoms with Crippen LogP contribution < -0.4 is 0 Å². The van der Waals surface area contributed by atoms with E-state index in [9.17, 15) is 9.90 Å². The molecule has 0 aliphatic carbocycles. The lowest BCUT2D eigenvalue weighted by Gasteiger charge is -2.10. The summed E-state index contributed by atoms with van der Waals surface area (Å²) in [6.45, 7) is 3.98. The summed E-state index contributed by atoms with van der Waals surface area (Å²) in [6, 6.07) is 11.3. The minimum atomic E-state index is -0.980. The van der Waals surface area contributed by atoms with Crippen LogP contribution in [0.5, 0.6) is 0 Å². The van der Waals surface area contributed by atoms with Crippen molar-refractivity contribution in [2.45, 2.75) is 13.8 Å². The van der Waals surface area contributed by atoms with Crippen molar-refractivity contribution in [2.24, 2.45) is 0 Å². The van der Waals surface area contributed by atoms with E-state index in [0.29, 0.717) is 5.69 Å². The van der Waals surface area contributed by atoms with Crippen molar-refractivity contribution in [1.82, 2.24) is 9.78 Å².